The van der Waals surface area contributed by atoms with Gasteiger partial charge in [-0.05, 0) is 41.8 Å². The van der Waals surface area contributed by atoms with Crippen molar-refractivity contribution in [2.24, 2.45) is 0 Å². The van der Waals surface area contributed by atoms with Gasteiger partial charge >= 0.3 is 0 Å². The number of aliphatic hydroxyl groups excluding tert-OH is 1. The average Bonchev–Trinajstić information content (AvgIpc) is 2.70. The largest absolute Gasteiger partial charge is 0.387 e. The molecule has 18 heavy (non-hydrogen) atoms. The van der Waals surface area contributed by atoms with Crippen molar-refractivity contribution in [3.63, 3.8) is 0 Å². The highest BCUT2D eigenvalue weighted by atomic mass is 35.5. The molecule has 0 amide bonds. The maximum absolute atomic E-state index is 10.3. The summed E-state index contributed by atoms with van der Waals surface area (Å²) in [6.45, 7) is 0. The maximum atomic E-state index is 10.3. The van der Waals surface area contributed by atoms with Gasteiger partial charge < -0.3 is 5.11 Å². The Kier molecular flexibility index (Phi) is 3.33. The standard InChI is InChI=1S/C15H13ClOS/c16-11-5-7-12(8-6-11)18-14-9-10-3-1-2-4-13(10)15(14)17/h1-8,14-15,17H,9H2/t14-,15+/m0/s1. The highest BCUT2D eigenvalue weighted by molar-refractivity contribution is 8.00. The number of aliphatic hydroxyl groups is 1. The summed E-state index contributed by atoms with van der Waals surface area (Å²) in [4.78, 5) is 1.15. The van der Waals surface area contributed by atoms with Gasteiger partial charge in [-0.15, -0.1) is 11.8 Å². The summed E-state index contributed by atoms with van der Waals surface area (Å²) in [5.74, 6) is 0. The van der Waals surface area contributed by atoms with Crippen molar-refractivity contribution in [1.82, 2.24) is 0 Å². The van der Waals surface area contributed by atoms with E-state index in [1.165, 1.54) is 5.56 Å². The first-order valence-corrected chi connectivity index (χ1v) is 7.18. The summed E-state index contributed by atoms with van der Waals surface area (Å²) < 4.78 is 0. The molecule has 2 aromatic carbocycles. The minimum absolute atomic E-state index is 0.198. The molecule has 0 fully saturated rings. The minimum atomic E-state index is -0.373. The van der Waals surface area contributed by atoms with Gasteiger partial charge in [0.15, 0.2) is 0 Å². The second kappa shape index (κ2) is 4.96. The lowest BCUT2D eigenvalue weighted by Crippen LogP contribution is -2.08. The van der Waals surface area contributed by atoms with E-state index in [0.717, 1.165) is 21.9 Å². The number of benzene rings is 2. The predicted molar refractivity (Wildman–Crippen MR) is 76.2 cm³/mol. The average molecular weight is 277 g/mol. The zero-order valence-corrected chi connectivity index (χ0v) is 11.3. The Balaban J connectivity index is 1.78. The number of hydrogen-bond donors (Lipinski definition) is 1. The highest BCUT2D eigenvalue weighted by Gasteiger charge is 2.31. The van der Waals surface area contributed by atoms with Crippen LogP contribution in [0, 0.1) is 0 Å². The Morgan fingerprint density at radius 2 is 1.78 bits per heavy atom. The van der Waals surface area contributed by atoms with Crippen LogP contribution in [-0.4, -0.2) is 10.4 Å². The third-order valence-electron chi connectivity index (χ3n) is 3.25. The van der Waals surface area contributed by atoms with E-state index in [1.54, 1.807) is 11.8 Å². The number of rotatable bonds is 2. The normalized spacial score (nSPS) is 21.9. The summed E-state index contributed by atoms with van der Waals surface area (Å²) in [6, 6.07) is 15.9. The second-order valence-electron chi connectivity index (χ2n) is 4.46. The van der Waals surface area contributed by atoms with Crippen LogP contribution >= 0.6 is 23.4 Å². The van der Waals surface area contributed by atoms with Crippen LogP contribution < -0.4 is 0 Å². The molecule has 0 bridgehead atoms. The van der Waals surface area contributed by atoms with E-state index in [-0.39, 0.29) is 11.4 Å². The fraction of sp³-hybridized carbons (Fsp3) is 0.200. The van der Waals surface area contributed by atoms with Gasteiger partial charge in [0.1, 0.15) is 0 Å². The fourth-order valence-electron chi connectivity index (χ4n) is 2.33. The molecule has 1 aliphatic carbocycles. The molecule has 0 saturated heterocycles. The molecule has 3 heteroatoms. The van der Waals surface area contributed by atoms with Crippen LogP contribution in [0.15, 0.2) is 53.4 Å². The van der Waals surface area contributed by atoms with Crippen molar-refractivity contribution in [2.45, 2.75) is 22.7 Å². The van der Waals surface area contributed by atoms with Crippen molar-refractivity contribution >= 4 is 23.4 Å². The van der Waals surface area contributed by atoms with Gasteiger partial charge in [-0.1, -0.05) is 35.9 Å². The predicted octanol–water partition coefficient (Wildman–Crippen LogP) is 4.09. The molecule has 1 nitrogen and oxygen atoms in total. The van der Waals surface area contributed by atoms with Gasteiger partial charge in [0.25, 0.3) is 0 Å². The lowest BCUT2D eigenvalue weighted by Gasteiger charge is -2.14. The van der Waals surface area contributed by atoms with Crippen LogP contribution in [0.4, 0.5) is 0 Å². The van der Waals surface area contributed by atoms with Crippen molar-refractivity contribution in [2.75, 3.05) is 0 Å². The molecular weight excluding hydrogens is 264 g/mol. The first-order chi connectivity index (χ1) is 8.74. The number of thioether (sulfide) groups is 1. The second-order valence-corrected chi connectivity index (χ2v) is 6.21. The molecule has 0 aliphatic heterocycles. The maximum Gasteiger partial charge on any atom is 0.0917 e. The lowest BCUT2D eigenvalue weighted by molar-refractivity contribution is 0.185. The molecule has 0 radical (unpaired) electrons. The molecule has 0 aromatic heterocycles. The summed E-state index contributed by atoms with van der Waals surface area (Å²) in [6.07, 6.45) is 0.548. The molecule has 0 saturated carbocycles. The lowest BCUT2D eigenvalue weighted by atomic mass is 10.1. The number of halogens is 1. The fourth-order valence-corrected chi connectivity index (χ4v) is 3.64. The van der Waals surface area contributed by atoms with E-state index in [0.29, 0.717) is 0 Å². The Morgan fingerprint density at radius 1 is 1.06 bits per heavy atom. The summed E-state index contributed by atoms with van der Waals surface area (Å²) >= 11 is 7.59. The first kappa shape index (κ1) is 12.1. The van der Waals surface area contributed by atoms with Gasteiger partial charge in [0, 0.05) is 15.2 Å². The molecule has 0 heterocycles. The summed E-state index contributed by atoms with van der Waals surface area (Å²) in [5, 5.41) is 11.3. The third-order valence-corrected chi connectivity index (χ3v) is 4.77. The van der Waals surface area contributed by atoms with Crippen LogP contribution in [-0.2, 0) is 6.42 Å². The van der Waals surface area contributed by atoms with E-state index in [9.17, 15) is 5.11 Å². The van der Waals surface area contributed by atoms with Crippen LogP contribution in [0.25, 0.3) is 0 Å². The molecule has 0 spiro atoms. The van der Waals surface area contributed by atoms with Crippen LogP contribution in [0.1, 0.15) is 17.2 Å². The molecule has 2 atom stereocenters. The van der Waals surface area contributed by atoms with Gasteiger partial charge in [-0.2, -0.15) is 0 Å². The van der Waals surface area contributed by atoms with E-state index in [4.69, 9.17) is 11.6 Å². The molecule has 3 rings (SSSR count). The minimum Gasteiger partial charge on any atom is -0.387 e. The monoisotopic (exact) mass is 276 g/mol. The van der Waals surface area contributed by atoms with Gasteiger partial charge in [-0.3, -0.25) is 0 Å². The molecule has 1 N–H and O–H groups in total. The number of hydrogen-bond acceptors (Lipinski definition) is 2. The number of fused-ring (bicyclic) bond motifs is 1. The van der Waals surface area contributed by atoms with Gasteiger partial charge in [-0.25, -0.2) is 0 Å². The SMILES string of the molecule is O[C@@H]1c2ccccc2C[C@@H]1Sc1ccc(Cl)cc1. The van der Waals surface area contributed by atoms with Crippen LogP contribution in [0.5, 0.6) is 0 Å². The molecule has 1 aliphatic rings. The topological polar surface area (TPSA) is 20.2 Å². The van der Waals surface area contributed by atoms with Gasteiger partial charge in [0.2, 0.25) is 0 Å². The molecular formula is C15H13ClOS. The quantitative estimate of drug-likeness (QED) is 0.891. The van der Waals surface area contributed by atoms with E-state index >= 15 is 0 Å². The van der Waals surface area contributed by atoms with Crippen molar-refractivity contribution in [3.8, 4) is 0 Å². The Hall–Kier alpha value is -0.960. The Bertz CT molecular complexity index is 553. The third kappa shape index (κ3) is 2.28. The van der Waals surface area contributed by atoms with Crippen LogP contribution in [0.2, 0.25) is 5.02 Å². The Morgan fingerprint density at radius 3 is 2.50 bits per heavy atom. The van der Waals surface area contributed by atoms with Crippen molar-refractivity contribution < 1.29 is 5.11 Å². The van der Waals surface area contributed by atoms with Crippen molar-refractivity contribution in [1.29, 1.82) is 0 Å². The van der Waals surface area contributed by atoms with Crippen molar-refractivity contribution in [3.05, 3.63) is 64.7 Å². The van der Waals surface area contributed by atoms with Crippen LogP contribution in [0.3, 0.4) is 0 Å². The summed E-state index contributed by atoms with van der Waals surface area (Å²) in [7, 11) is 0. The zero-order valence-electron chi connectivity index (χ0n) is 9.71. The van der Waals surface area contributed by atoms with Gasteiger partial charge in [0.05, 0.1) is 6.10 Å². The Labute approximate surface area is 116 Å². The van der Waals surface area contributed by atoms with E-state index < -0.39 is 0 Å². The molecule has 2 aromatic rings. The molecule has 92 valence electrons. The smallest absolute Gasteiger partial charge is 0.0917 e. The summed E-state index contributed by atoms with van der Waals surface area (Å²) in [5.41, 5.74) is 2.33. The van der Waals surface area contributed by atoms with E-state index in [1.807, 2.05) is 42.5 Å². The van der Waals surface area contributed by atoms with E-state index in [2.05, 4.69) is 6.07 Å². The highest BCUT2D eigenvalue weighted by Crippen LogP contribution is 2.41. The first-order valence-electron chi connectivity index (χ1n) is 5.92. The molecule has 0 unspecified atom stereocenters. The zero-order chi connectivity index (χ0) is 12.5.